The Morgan fingerprint density at radius 3 is 1.77 bits per heavy atom. The number of rotatable bonds is 4. The van der Waals surface area contributed by atoms with Gasteiger partial charge in [0.15, 0.2) is 0 Å². The second-order valence-electron chi connectivity index (χ2n) is 10.1. The number of hydrogen-bond acceptors (Lipinski definition) is 4. The fourth-order valence-electron chi connectivity index (χ4n) is 5.70. The summed E-state index contributed by atoms with van der Waals surface area (Å²) in [5.41, 5.74) is 10.6. The van der Waals surface area contributed by atoms with Crippen LogP contribution in [0.25, 0.3) is 66.4 Å². The molecule has 3 aromatic carbocycles. The molecule has 4 heterocycles. The minimum atomic E-state index is 0.884. The van der Waals surface area contributed by atoms with Crippen molar-refractivity contribution in [2.75, 3.05) is 0 Å². The summed E-state index contributed by atoms with van der Waals surface area (Å²) in [5, 5.41) is 4.78. The van der Waals surface area contributed by atoms with E-state index in [0.717, 1.165) is 39.3 Å². The third kappa shape index (κ3) is 4.02. The van der Waals surface area contributed by atoms with Gasteiger partial charge in [-0.1, -0.05) is 54.6 Å². The van der Waals surface area contributed by atoms with E-state index in [1.54, 1.807) is 6.20 Å². The van der Waals surface area contributed by atoms with Crippen LogP contribution in [0.4, 0.5) is 0 Å². The monoisotopic (exact) mass is 514 g/mol. The Hall–Kier alpha value is -5.22. The maximum absolute atomic E-state index is 4.89. The van der Waals surface area contributed by atoms with Crippen molar-refractivity contribution in [3.63, 3.8) is 0 Å². The van der Waals surface area contributed by atoms with Gasteiger partial charge >= 0.3 is 0 Å². The molecule has 7 rings (SSSR count). The van der Waals surface area contributed by atoms with E-state index in [2.05, 4.69) is 84.5 Å². The van der Waals surface area contributed by atoms with Gasteiger partial charge in [0, 0.05) is 47.7 Å². The summed E-state index contributed by atoms with van der Waals surface area (Å²) >= 11 is 0. The fraction of sp³-hybridized carbons (Fsp3) is 0.0556. The summed E-state index contributed by atoms with van der Waals surface area (Å²) in [7, 11) is 0. The molecule has 0 amide bonds. The van der Waals surface area contributed by atoms with Gasteiger partial charge in [-0.15, -0.1) is 0 Å². The van der Waals surface area contributed by atoms with Crippen LogP contribution in [0.1, 0.15) is 11.1 Å². The van der Waals surface area contributed by atoms with Crippen molar-refractivity contribution in [2.24, 2.45) is 0 Å². The molecule has 0 spiro atoms. The standard InChI is InChI=1S/C36H26N4/c1-23-19-33(25-10-9-16-37-20-25)39-22-31(23)35-29-13-5-3-11-27(29)34(28-12-4-6-14-30(28)35)26-18-24(2)36(40-21-26)32-15-7-8-17-38-32/h3-22H,1-2H3. The lowest BCUT2D eigenvalue weighted by Crippen LogP contribution is -1.96. The molecule has 0 aliphatic heterocycles. The van der Waals surface area contributed by atoms with Gasteiger partial charge in [-0.3, -0.25) is 19.9 Å². The topological polar surface area (TPSA) is 51.6 Å². The van der Waals surface area contributed by atoms with Gasteiger partial charge in [0.25, 0.3) is 0 Å². The van der Waals surface area contributed by atoms with Crippen molar-refractivity contribution in [3.05, 3.63) is 133 Å². The molecule has 190 valence electrons. The third-order valence-electron chi connectivity index (χ3n) is 7.54. The molecule has 4 nitrogen and oxygen atoms in total. The summed E-state index contributed by atoms with van der Waals surface area (Å²) in [6.45, 7) is 4.27. The summed E-state index contributed by atoms with van der Waals surface area (Å²) in [6.07, 6.45) is 9.45. The lowest BCUT2D eigenvalue weighted by atomic mass is 9.85. The van der Waals surface area contributed by atoms with E-state index in [0.29, 0.717) is 0 Å². The zero-order valence-electron chi connectivity index (χ0n) is 22.3. The van der Waals surface area contributed by atoms with Crippen LogP contribution in [0.15, 0.2) is 122 Å². The summed E-state index contributed by atoms with van der Waals surface area (Å²) in [6, 6.07) is 31.7. The van der Waals surface area contributed by atoms with Gasteiger partial charge in [0.2, 0.25) is 0 Å². The van der Waals surface area contributed by atoms with Crippen molar-refractivity contribution < 1.29 is 0 Å². The number of nitrogens with zero attached hydrogens (tertiary/aromatic N) is 4. The minimum Gasteiger partial charge on any atom is -0.264 e. The van der Waals surface area contributed by atoms with Crippen molar-refractivity contribution in [2.45, 2.75) is 13.8 Å². The largest absolute Gasteiger partial charge is 0.264 e. The quantitative estimate of drug-likeness (QED) is 0.220. The molecule has 0 unspecified atom stereocenters. The first-order chi connectivity index (χ1) is 19.7. The van der Waals surface area contributed by atoms with E-state index in [1.807, 2.05) is 55.1 Å². The average molecular weight is 515 g/mol. The number of fused-ring (bicyclic) bond motifs is 2. The Balaban J connectivity index is 1.47. The number of hydrogen-bond donors (Lipinski definition) is 0. The number of aryl methyl sites for hydroxylation is 2. The fourth-order valence-corrected chi connectivity index (χ4v) is 5.70. The molecular formula is C36H26N4. The molecule has 0 radical (unpaired) electrons. The maximum atomic E-state index is 4.89. The Morgan fingerprint density at radius 2 is 1.18 bits per heavy atom. The minimum absolute atomic E-state index is 0.884. The number of benzene rings is 3. The van der Waals surface area contributed by atoms with Crippen LogP contribution in [-0.4, -0.2) is 19.9 Å². The van der Waals surface area contributed by atoms with Gasteiger partial charge in [-0.2, -0.15) is 0 Å². The average Bonchev–Trinajstić information content (AvgIpc) is 3.01. The first kappa shape index (κ1) is 23.9. The van der Waals surface area contributed by atoms with E-state index >= 15 is 0 Å². The van der Waals surface area contributed by atoms with Gasteiger partial charge in [-0.05, 0) is 94.0 Å². The normalized spacial score (nSPS) is 11.2. The van der Waals surface area contributed by atoms with Crippen LogP contribution in [0.3, 0.4) is 0 Å². The maximum Gasteiger partial charge on any atom is 0.0915 e. The summed E-state index contributed by atoms with van der Waals surface area (Å²) in [5.74, 6) is 0. The second kappa shape index (κ2) is 9.83. The summed E-state index contributed by atoms with van der Waals surface area (Å²) < 4.78 is 0. The van der Waals surface area contributed by atoms with E-state index in [1.165, 1.54) is 38.2 Å². The second-order valence-corrected chi connectivity index (χ2v) is 10.1. The van der Waals surface area contributed by atoms with E-state index < -0.39 is 0 Å². The lowest BCUT2D eigenvalue weighted by Gasteiger charge is -2.19. The van der Waals surface area contributed by atoms with Crippen LogP contribution in [-0.2, 0) is 0 Å². The predicted molar refractivity (Wildman–Crippen MR) is 164 cm³/mol. The highest BCUT2D eigenvalue weighted by Gasteiger charge is 2.19. The molecule has 0 saturated carbocycles. The third-order valence-corrected chi connectivity index (χ3v) is 7.54. The van der Waals surface area contributed by atoms with Crippen molar-refractivity contribution >= 4 is 21.5 Å². The van der Waals surface area contributed by atoms with Crippen LogP contribution in [0.5, 0.6) is 0 Å². The Bertz CT molecular complexity index is 1960. The van der Waals surface area contributed by atoms with E-state index in [-0.39, 0.29) is 0 Å². The zero-order valence-corrected chi connectivity index (χ0v) is 22.3. The molecule has 0 bridgehead atoms. The van der Waals surface area contributed by atoms with E-state index in [9.17, 15) is 0 Å². The van der Waals surface area contributed by atoms with Gasteiger partial charge in [0.1, 0.15) is 0 Å². The predicted octanol–water partition coefficient (Wildman–Crippen LogP) is 8.86. The zero-order chi connectivity index (χ0) is 27.1. The molecular weight excluding hydrogens is 488 g/mol. The Morgan fingerprint density at radius 1 is 0.475 bits per heavy atom. The highest BCUT2D eigenvalue weighted by molar-refractivity contribution is 6.21. The van der Waals surface area contributed by atoms with Crippen molar-refractivity contribution in [3.8, 4) is 44.9 Å². The van der Waals surface area contributed by atoms with E-state index in [4.69, 9.17) is 9.97 Å². The van der Waals surface area contributed by atoms with Crippen LogP contribution < -0.4 is 0 Å². The molecule has 0 atom stereocenters. The first-order valence-corrected chi connectivity index (χ1v) is 13.4. The van der Waals surface area contributed by atoms with Crippen molar-refractivity contribution in [1.82, 2.24) is 19.9 Å². The molecule has 0 fully saturated rings. The Labute approximate surface area is 233 Å². The molecule has 4 heteroatoms. The number of aromatic nitrogens is 4. The molecule has 0 N–H and O–H groups in total. The molecule has 40 heavy (non-hydrogen) atoms. The van der Waals surface area contributed by atoms with Crippen LogP contribution in [0.2, 0.25) is 0 Å². The summed E-state index contributed by atoms with van der Waals surface area (Å²) in [4.78, 5) is 18.6. The van der Waals surface area contributed by atoms with Crippen molar-refractivity contribution in [1.29, 1.82) is 0 Å². The Kier molecular flexibility index (Phi) is 5.86. The highest BCUT2D eigenvalue weighted by atomic mass is 14.8. The molecule has 0 aliphatic carbocycles. The highest BCUT2D eigenvalue weighted by Crippen LogP contribution is 2.44. The van der Waals surface area contributed by atoms with Crippen LogP contribution >= 0.6 is 0 Å². The first-order valence-electron chi connectivity index (χ1n) is 13.4. The van der Waals surface area contributed by atoms with Gasteiger partial charge in [-0.25, -0.2) is 0 Å². The molecule has 0 aliphatic rings. The smallest absolute Gasteiger partial charge is 0.0915 e. The lowest BCUT2D eigenvalue weighted by molar-refractivity contribution is 1.22. The molecule has 0 saturated heterocycles. The van der Waals surface area contributed by atoms with Crippen LogP contribution in [0, 0.1) is 13.8 Å². The van der Waals surface area contributed by atoms with Gasteiger partial charge in [0.05, 0.1) is 17.1 Å². The number of pyridine rings is 4. The van der Waals surface area contributed by atoms with Gasteiger partial charge < -0.3 is 0 Å². The SMILES string of the molecule is Cc1cc(-c2cccnc2)ncc1-c1c2ccccc2c(-c2cnc(-c3ccccn3)c(C)c2)c2ccccc12. The molecule has 4 aromatic heterocycles. The molecule has 7 aromatic rings.